The molecule has 2 rings (SSSR count). The van der Waals surface area contributed by atoms with Gasteiger partial charge in [0.2, 0.25) is 0 Å². The molecule has 120 valence electrons. The lowest BCUT2D eigenvalue weighted by Gasteiger charge is -2.33. The second-order valence-corrected chi connectivity index (χ2v) is 6.14. The lowest BCUT2D eigenvalue weighted by Crippen LogP contribution is -2.41. The molecule has 0 N–H and O–H groups in total. The summed E-state index contributed by atoms with van der Waals surface area (Å²) >= 11 is 3.45. The number of nitrogens with zero attached hydrogens (tertiary/aromatic N) is 1. The van der Waals surface area contributed by atoms with Gasteiger partial charge in [0.15, 0.2) is 0 Å². The fourth-order valence-electron chi connectivity index (χ4n) is 2.83. The Bertz CT molecular complexity index is 555. The van der Waals surface area contributed by atoms with Crippen LogP contribution in [0, 0.1) is 0 Å². The Balaban J connectivity index is 2.34. The zero-order chi connectivity index (χ0) is 16.1. The van der Waals surface area contributed by atoms with Gasteiger partial charge in [-0.3, -0.25) is 4.90 Å². The third kappa shape index (κ3) is 3.61. The van der Waals surface area contributed by atoms with E-state index >= 15 is 0 Å². The highest BCUT2D eigenvalue weighted by Gasteiger charge is 2.29. The third-order valence-electron chi connectivity index (χ3n) is 3.94. The summed E-state index contributed by atoms with van der Waals surface area (Å²) in [7, 11) is 2.72. The van der Waals surface area contributed by atoms with E-state index in [1.54, 1.807) is 23.1 Å². The number of halogens is 1. The average Bonchev–Trinajstić information content (AvgIpc) is 2.56. The van der Waals surface area contributed by atoms with Gasteiger partial charge >= 0.3 is 12.1 Å². The zero-order valence-corrected chi connectivity index (χ0v) is 14.4. The molecule has 0 atom stereocenters. The molecule has 1 amide bonds. The van der Waals surface area contributed by atoms with Crippen LogP contribution in [0.5, 0.6) is 0 Å². The van der Waals surface area contributed by atoms with E-state index in [2.05, 4.69) is 15.9 Å². The predicted octanol–water partition coefficient (Wildman–Crippen LogP) is 4.14. The van der Waals surface area contributed by atoms with Crippen LogP contribution in [0.4, 0.5) is 10.5 Å². The molecule has 0 saturated heterocycles. The number of benzene rings is 1. The van der Waals surface area contributed by atoms with E-state index in [-0.39, 0.29) is 12.1 Å². The van der Waals surface area contributed by atoms with Crippen molar-refractivity contribution in [3.63, 3.8) is 0 Å². The largest absolute Gasteiger partial charge is 0.465 e. The fraction of sp³-hybridized carbons (Fsp3) is 0.500. The highest BCUT2D eigenvalue weighted by molar-refractivity contribution is 9.10. The van der Waals surface area contributed by atoms with Crippen molar-refractivity contribution in [2.45, 2.75) is 38.1 Å². The summed E-state index contributed by atoms with van der Waals surface area (Å²) in [5, 5.41) is 0. The van der Waals surface area contributed by atoms with Crippen LogP contribution in [0.1, 0.15) is 42.5 Å². The van der Waals surface area contributed by atoms with Gasteiger partial charge in [-0.2, -0.15) is 0 Å². The molecule has 0 aromatic heterocycles. The quantitative estimate of drug-likeness (QED) is 0.751. The van der Waals surface area contributed by atoms with Crippen molar-refractivity contribution in [2.24, 2.45) is 0 Å². The van der Waals surface area contributed by atoms with Crippen molar-refractivity contribution in [1.29, 1.82) is 0 Å². The number of ether oxygens (including phenoxy) is 2. The SMILES string of the molecule is COC(=O)c1ccc(N(C(=O)OC)C2CCCCC2)c(Br)c1. The van der Waals surface area contributed by atoms with E-state index in [0.717, 1.165) is 25.7 Å². The van der Waals surface area contributed by atoms with Gasteiger partial charge in [-0.05, 0) is 47.0 Å². The molecule has 1 aromatic carbocycles. The van der Waals surface area contributed by atoms with Crippen molar-refractivity contribution < 1.29 is 19.1 Å². The van der Waals surface area contributed by atoms with Gasteiger partial charge in [0.1, 0.15) is 0 Å². The summed E-state index contributed by atoms with van der Waals surface area (Å²) in [5.41, 5.74) is 1.15. The second-order valence-electron chi connectivity index (χ2n) is 5.29. The first-order valence-corrected chi connectivity index (χ1v) is 8.12. The Kier molecular flexibility index (Phi) is 5.83. The highest BCUT2D eigenvalue weighted by Crippen LogP contribution is 2.33. The number of carbonyl (C=O) groups is 2. The molecule has 0 unspecified atom stereocenters. The summed E-state index contributed by atoms with van der Waals surface area (Å²) in [6.07, 6.45) is 4.96. The molecule has 6 heteroatoms. The summed E-state index contributed by atoms with van der Waals surface area (Å²) in [6.45, 7) is 0. The Morgan fingerprint density at radius 1 is 1.14 bits per heavy atom. The Labute approximate surface area is 138 Å². The minimum Gasteiger partial charge on any atom is -0.465 e. The maximum Gasteiger partial charge on any atom is 0.414 e. The lowest BCUT2D eigenvalue weighted by molar-refractivity contribution is 0.0600. The van der Waals surface area contributed by atoms with E-state index in [0.29, 0.717) is 15.7 Å². The Morgan fingerprint density at radius 3 is 2.36 bits per heavy atom. The van der Waals surface area contributed by atoms with Gasteiger partial charge in [0, 0.05) is 10.5 Å². The summed E-state index contributed by atoms with van der Waals surface area (Å²) in [6, 6.07) is 5.20. The second kappa shape index (κ2) is 7.63. The molecule has 1 aliphatic carbocycles. The maximum atomic E-state index is 12.2. The lowest BCUT2D eigenvalue weighted by atomic mass is 9.94. The number of esters is 1. The average molecular weight is 370 g/mol. The van der Waals surface area contributed by atoms with Crippen molar-refractivity contribution in [3.05, 3.63) is 28.2 Å². The van der Waals surface area contributed by atoms with Gasteiger partial charge in [-0.15, -0.1) is 0 Å². The number of carbonyl (C=O) groups excluding carboxylic acids is 2. The highest BCUT2D eigenvalue weighted by atomic mass is 79.9. The standard InChI is InChI=1S/C16H20BrNO4/c1-21-15(19)11-8-9-14(13(17)10-11)18(16(20)22-2)12-6-4-3-5-7-12/h8-10,12H,3-7H2,1-2H3. The van der Waals surface area contributed by atoms with Crippen molar-refractivity contribution in [3.8, 4) is 0 Å². The van der Waals surface area contributed by atoms with Crippen LogP contribution in [0.15, 0.2) is 22.7 Å². The first-order valence-electron chi connectivity index (χ1n) is 7.33. The van der Waals surface area contributed by atoms with Crippen molar-refractivity contribution in [2.75, 3.05) is 19.1 Å². The van der Waals surface area contributed by atoms with Crippen molar-refractivity contribution >= 4 is 33.7 Å². The van der Waals surface area contributed by atoms with E-state index in [1.165, 1.54) is 20.6 Å². The molecule has 0 spiro atoms. The first kappa shape index (κ1) is 16.8. The van der Waals surface area contributed by atoms with Crippen LogP contribution < -0.4 is 4.90 Å². The molecule has 1 fully saturated rings. The summed E-state index contributed by atoms with van der Waals surface area (Å²) < 4.78 is 10.3. The molecular formula is C16H20BrNO4. The third-order valence-corrected chi connectivity index (χ3v) is 4.57. The monoisotopic (exact) mass is 369 g/mol. The van der Waals surface area contributed by atoms with Gasteiger partial charge in [-0.25, -0.2) is 9.59 Å². The predicted molar refractivity (Wildman–Crippen MR) is 87.2 cm³/mol. The maximum absolute atomic E-state index is 12.2. The fourth-order valence-corrected chi connectivity index (χ4v) is 3.40. The normalized spacial score (nSPS) is 15.2. The minimum absolute atomic E-state index is 0.126. The molecule has 0 radical (unpaired) electrons. The van der Waals surface area contributed by atoms with Crippen LogP contribution in [-0.4, -0.2) is 32.3 Å². The minimum atomic E-state index is -0.408. The topological polar surface area (TPSA) is 55.8 Å². The van der Waals surface area contributed by atoms with Crippen LogP contribution in [0.2, 0.25) is 0 Å². The van der Waals surface area contributed by atoms with Crippen molar-refractivity contribution in [1.82, 2.24) is 0 Å². The number of anilines is 1. The van der Waals surface area contributed by atoms with Crippen LogP contribution in [-0.2, 0) is 9.47 Å². The van der Waals surface area contributed by atoms with Gasteiger partial charge in [-0.1, -0.05) is 19.3 Å². The van der Waals surface area contributed by atoms with Gasteiger partial charge in [0.05, 0.1) is 25.5 Å². The van der Waals surface area contributed by atoms with E-state index in [1.807, 2.05) is 0 Å². The Morgan fingerprint density at radius 2 is 1.82 bits per heavy atom. The summed E-state index contributed by atoms with van der Waals surface area (Å²) in [4.78, 5) is 25.5. The number of hydrogen-bond donors (Lipinski definition) is 0. The number of hydrogen-bond acceptors (Lipinski definition) is 4. The molecule has 0 bridgehead atoms. The molecule has 1 saturated carbocycles. The Hall–Kier alpha value is -1.56. The van der Waals surface area contributed by atoms with E-state index in [9.17, 15) is 9.59 Å². The molecule has 1 aliphatic rings. The van der Waals surface area contributed by atoms with Gasteiger partial charge < -0.3 is 9.47 Å². The first-order chi connectivity index (χ1) is 10.6. The van der Waals surface area contributed by atoms with Crippen LogP contribution >= 0.6 is 15.9 Å². The smallest absolute Gasteiger partial charge is 0.414 e. The number of amides is 1. The van der Waals surface area contributed by atoms with Crippen LogP contribution in [0.3, 0.4) is 0 Å². The molecule has 0 heterocycles. The van der Waals surface area contributed by atoms with E-state index < -0.39 is 5.97 Å². The number of rotatable bonds is 3. The zero-order valence-electron chi connectivity index (χ0n) is 12.8. The summed E-state index contributed by atoms with van der Waals surface area (Å²) in [5.74, 6) is -0.408. The molecule has 0 aliphatic heterocycles. The van der Waals surface area contributed by atoms with Gasteiger partial charge in [0.25, 0.3) is 0 Å². The number of methoxy groups -OCH3 is 2. The van der Waals surface area contributed by atoms with E-state index in [4.69, 9.17) is 9.47 Å². The molecule has 22 heavy (non-hydrogen) atoms. The molecule has 5 nitrogen and oxygen atoms in total. The molecular weight excluding hydrogens is 350 g/mol. The van der Waals surface area contributed by atoms with Crippen LogP contribution in [0.25, 0.3) is 0 Å². The molecule has 1 aromatic rings.